The van der Waals surface area contributed by atoms with Crippen LogP contribution in [0.4, 0.5) is 0 Å². The summed E-state index contributed by atoms with van der Waals surface area (Å²) >= 11 is 0. The number of carboxylic acid groups (broad SMARTS) is 1. The second-order valence-electron chi connectivity index (χ2n) is 2.07. The van der Waals surface area contributed by atoms with Crippen LogP contribution in [0, 0.1) is 5.63 Å². The predicted octanol–water partition coefficient (Wildman–Crippen LogP) is 0.0417. The summed E-state index contributed by atoms with van der Waals surface area (Å²) in [5.74, 6) is -1.16. The van der Waals surface area contributed by atoms with Crippen LogP contribution in [-0.2, 0) is 14.2 Å². The molecule has 0 aromatic heterocycles. The van der Waals surface area contributed by atoms with Crippen molar-refractivity contribution >= 4 is 19.6 Å². The first-order valence-electron chi connectivity index (χ1n) is 3.28. The summed E-state index contributed by atoms with van der Waals surface area (Å²) in [5.41, 5.74) is 7.58. The van der Waals surface area contributed by atoms with Gasteiger partial charge in [0.1, 0.15) is 0 Å². The molecule has 1 atom stereocenters. The Labute approximate surface area is 75.9 Å². The molecule has 0 aliphatic heterocycles. The van der Waals surface area contributed by atoms with Crippen molar-refractivity contribution < 1.29 is 19.3 Å². The van der Waals surface area contributed by atoms with Crippen LogP contribution in [0.3, 0.4) is 0 Å². The Morgan fingerprint density at radius 1 is 1.85 bits per heavy atom. The van der Waals surface area contributed by atoms with Crippen LogP contribution < -0.4 is 5.73 Å². The van der Waals surface area contributed by atoms with Gasteiger partial charge in [-0.15, -0.1) is 0 Å². The van der Waals surface area contributed by atoms with Crippen molar-refractivity contribution in [3.63, 3.8) is 0 Å². The number of nitrogens with two attached hydrogens (primary N) is 1. The second-order valence-corrected chi connectivity index (χ2v) is 2.48. The first kappa shape index (κ1) is 11.9. The van der Waals surface area contributed by atoms with E-state index in [1.54, 1.807) is 0 Å². The van der Waals surface area contributed by atoms with Gasteiger partial charge < -0.3 is 0 Å². The molecule has 0 unspecified atom stereocenters. The van der Waals surface area contributed by atoms with E-state index in [4.69, 9.17) is 10.8 Å². The van der Waals surface area contributed by atoms with E-state index in [-0.39, 0.29) is 20.0 Å². The minimum atomic E-state index is -1.16. The molecular weight excluding hydrogens is 195 g/mol. The molecule has 13 heavy (non-hydrogen) atoms. The Bertz CT molecular complexity index is 308. The molecule has 0 radical (unpaired) electrons. The number of aliphatic carboxylic acids is 1. The Morgan fingerprint density at radius 2 is 2.46 bits per heavy atom. The van der Waals surface area contributed by atoms with E-state index in [2.05, 4.69) is 15.6 Å². The predicted molar refractivity (Wildman–Crippen MR) is 46.2 cm³/mol. The third kappa shape index (κ3) is 5.20. The van der Waals surface area contributed by atoms with Crippen molar-refractivity contribution in [1.29, 1.82) is 0 Å². The van der Waals surface area contributed by atoms with Gasteiger partial charge in [0.05, 0.1) is 0 Å². The fraction of sp³-hybridized carbons (Fsp3) is 0.500. The maximum atomic E-state index is 10.3. The van der Waals surface area contributed by atoms with E-state index in [0.717, 1.165) is 0 Å². The van der Waals surface area contributed by atoms with Crippen LogP contribution in [0.15, 0.2) is 5.16 Å². The van der Waals surface area contributed by atoms with Crippen LogP contribution in [0.5, 0.6) is 0 Å². The molecule has 0 bridgehead atoms. The fourth-order valence-electron chi connectivity index (χ4n) is 0.562. The van der Waals surface area contributed by atoms with Gasteiger partial charge in [-0.05, 0) is 0 Å². The van der Waals surface area contributed by atoms with E-state index in [1.807, 2.05) is 0 Å². The van der Waals surface area contributed by atoms with Gasteiger partial charge in [-0.25, -0.2) is 0 Å². The van der Waals surface area contributed by atoms with Crippen molar-refractivity contribution in [1.82, 2.24) is 0 Å². The summed E-state index contributed by atoms with van der Waals surface area (Å²) in [4.78, 5) is 14.7. The van der Waals surface area contributed by atoms with E-state index >= 15 is 0 Å². The minimum absolute atomic E-state index is 0.0710. The van der Waals surface area contributed by atoms with Gasteiger partial charge in [0.2, 0.25) is 0 Å². The zero-order chi connectivity index (χ0) is 10.3. The topological polar surface area (TPSA) is 102 Å². The molecule has 7 heteroatoms. The number of carboxylic acids is 1. The SMILES string of the molecule is CON=C(C#P=O)C[C@H](N)C(=O)O. The average Bonchev–Trinajstić information content (AvgIpc) is 2.05. The molecule has 72 valence electrons. The van der Waals surface area contributed by atoms with Crippen molar-refractivity contribution in [2.75, 3.05) is 7.11 Å². The molecular formula is C6H9N2O4P. The van der Waals surface area contributed by atoms with E-state index in [9.17, 15) is 9.36 Å². The van der Waals surface area contributed by atoms with Crippen molar-refractivity contribution in [2.45, 2.75) is 12.5 Å². The third-order valence-electron chi connectivity index (χ3n) is 1.11. The summed E-state index contributed by atoms with van der Waals surface area (Å²) in [6.45, 7) is 0. The van der Waals surface area contributed by atoms with Crippen molar-refractivity contribution in [2.24, 2.45) is 10.9 Å². The number of rotatable bonds is 4. The standard InChI is InChI=1S/C6H9N2O4P/c1-12-8-4(3-13-11)2-5(7)6(9)10/h5H,2,7H2,1H3,(H,9,10)/t5-/m0/s1. The van der Waals surface area contributed by atoms with Crippen molar-refractivity contribution in [3.8, 4) is 5.63 Å². The van der Waals surface area contributed by atoms with E-state index < -0.39 is 12.0 Å². The van der Waals surface area contributed by atoms with Gasteiger partial charge in [-0.2, -0.15) is 0 Å². The third-order valence-corrected chi connectivity index (χ3v) is 1.46. The summed E-state index contributed by atoms with van der Waals surface area (Å²) in [6.07, 6.45) is -0.0710. The molecule has 0 amide bonds. The summed E-state index contributed by atoms with van der Waals surface area (Å²) in [7, 11) is 0.900. The molecule has 0 aromatic carbocycles. The van der Waals surface area contributed by atoms with Crippen LogP contribution >= 0.6 is 7.92 Å². The summed E-state index contributed by atoms with van der Waals surface area (Å²) in [6, 6.07) is -1.09. The van der Waals surface area contributed by atoms with Crippen LogP contribution in [-0.4, -0.2) is 29.9 Å². The quantitative estimate of drug-likeness (QED) is 0.382. The molecule has 0 heterocycles. The molecule has 0 aliphatic rings. The first-order chi connectivity index (χ1) is 6.11. The molecule has 0 saturated heterocycles. The monoisotopic (exact) mass is 204 g/mol. The Kier molecular flexibility index (Phi) is 5.89. The first-order valence-corrected chi connectivity index (χ1v) is 4.09. The van der Waals surface area contributed by atoms with E-state index in [0.29, 0.717) is 0 Å². The van der Waals surface area contributed by atoms with Crippen molar-refractivity contribution in [3.05, 3.63) is 0 Å². The summed E-state index contributed by atoms with van der Waals surface area (Å²) in [5, 5.41) is 11.8. The molecule has 0 spiro atoms. The van der Waals surface area contributed by atoms with Gasteiger partial charge >= 0.3 is 75.0 Å². The van der Waals surface area contributed by atoms with Gasteiger partial charge in [-0.3, -0.25) is 0 Å². The summed E-state index contributed by atoms with van der Waals surface area (Å²) < 4.78 is 10.1. The second kappa shape index (κ2) is 6.43. The van der Waals surface area contributed by atoms with Gasteiger partial charge in [-0.1, -0.05) is 0 Å². The Hall–Kier alpha value is -1.09. The van der Waals surface area contributed by atoms with E-state index in [1.165, 1.54) is 7.11 Å². The molecule has 0 saturated carbocycles. The van der Waals surface area contributed by atoms with Gasteiger partial charge in [0.15, 0.2) is 0 Å². The molecule has 0 aliphatic carbocycles. The van der Waals surface area contributed by atoms with Crippen LogP contribution in [0.2, 0.25) is 0 Å². The average molecular weight is 204 g/mol. The molecule has 0 aromatic rings. The fourth-order valence-corrected chi connectivity index (χ4v) is 0.799. The zero-order valence-corrected chi connectivity index (χ0v) is 7.82. The molecule has 6 nitrogen and oxygen atoms in total. The van der Waals surface area contributed by atoms with Crippen LogP contribution in [0.25, 0.3) is 0 Å². The maximum absolute atomic E-state index is 10.3. The van der Waals surface area contributed by atoms with Crippen LogP contribution in [0.1, 0.15) is 6.42 Å². The normalized spacial score (nSPS) is 12.9. The number of oxime groups is 1. The number of hydrogen-bond donors (Lipinski definition) is 2. The number of hydrogen-bond acceptors (Lipinski definition) is 5. The Morgan fingerprint density at radius 3 is 2.85 bits per heavy atom. The Balaban J connectivity index is 4.41. The van der Waals surface area contributed by atoms with Gasteiger partial charge in [0.25, 0.3) is 0 Å². The molecule has 0 rings (SSSR count). The number of carbonyl (C=O) groups is 1. The zero-order valence-electron chi connectivity index (χ0n) is 6.93. The molecule has 3 N–H and O–H groups in total. The molecule has 0 fully saturated rings. The van der Waals surface area contributed by atoms with Gasteiger partial charge in [0, 0.05) is 0 Å². The number of nitrogens with zero attached hydrogens (tertiary/aromatic N) is 1.